The average Bonchev–Trinajstić information content (AvgIpc) is 2.96. The Bertz CT molecular complexity index is 945. The second-order valence-electron chi connectivity index (χ2n) is 5.07. The van der Waals surface area contributed by atoms with Crippen LogP contribution in [0.5, 0.6) is 0 Å². The molecule has 0 aliphatic heterocycles. The van der Waals surface area contributed by atoms with Crippen LogP contribution in [0.2, 0.25) is 0 Å². The highest BCUT2D eigenvalue weighted by atomic mass is 15.3. The van der Waals surface area contributed by atoms with E-state index in [0.717, 1.165) is 33.9 Å². The molecule has 1 aromatic carbocycles. The fourth-order valence-corrected chi connectivity index (χ4v) is 2.52. The van der Waals surface area contributed by atoms with Crippen molar-refractivity contribution < 1.29 is 0 Å². The lowest BCUT2D eigenvalue weighted by Crippen LogP contribution is -2.08. The first-order chi connectivity index (χ1) is 10.8. The zero-order valence-electron chi connectivity index (χ0n) is 12.1. The van der Waals surface area contributed by atoms with Crippen LogP contribution in [0, 0.1) is 6.92 Å². The maximum atomic E-state index is 4.70. The first-order valence-electron chi connectivity index (χ1n) is 7.06. The molecule has 22 heavy (non-hydrogen) atoms. The molecule has 0 saturated carbocycles. The van der Waals surface area contributed by atoms with Crippen LogP contribution in [0.25, 0.3) is 16.6 Å². The summed E-state index contributed by atoms with van der Waals surface area (Å²) in [5, 5.41) is 12.8. The molecule has 0 saturated heterocycles. The number of pyridine rings is 1. The van der Waals surface area contributed by atoms with Crippen molar-refractivity contribution in [2.75, 3.05) is 5.32 Å². The quantitative estimate of drug-likeness (QED) is 0.628. The smallest absolute Gasteiger partial charge is 0.211 e. The molecule has 0 radical (unpaired) electrons. The van der Waals surface area contributed by atoms with Gasteiger partial charge in [0.2, 0.25) is 5.95 Å². The van der Waals surface area contributed by atoms with Gasteiger partial charge in [-0.05, 0) is 30.7 Å². The highest BCUT2D eigenvalue weighted by Crippen LogP contribution is 2.21. The highest BCUT2D eigenvalue weighted by Gasteiger charge is 2.12. The number of aromatic nitrogens is 5. The van der Waals surface area contributed by atoms with Crippen molar-refractivity contribution in [1.82, 2.24) is 24.6 Å². The first-order valence-corrected chi connectivity index (χ1v) is 7.06. The molecule has 6 nitrogen and oxygen atoms in total. The third-order valence-electron chi connectivity index (χ3n) is 3.58. The van der Waals surface area contributed by atoms with Gasteiger partial charge in [0.25, 0.3) is 0 Å². The summed E-state index contributed by atoms with van der Waals surface area (Å²) < 4.78 is 1.94. The molecule has 0 aliphatic carbocycles. The number of aryl methyl sites for hydroxylation is 1. The van der Waals surface area contributed by atoms with E-state index in [1.54, 1.807) is 6.20 Å². The van der Waals surface area contributed by atoms with Gasteiger partial charge >= 0.3 is 0 Å². The summed E-state index contributed by atoms with van der Waals surface area (Å²) in [6, 6.07) is 11.9. The molecule has 3 heterocycles. The molecule has 0 amide bonds. The fourth-order valence-electron chi connectivity index (χ4n) is 2.52. The SMILES string of the molecule is Cc1nnc2c3ccccc3nc(NCc3cccnc3)n12. The Balaban J connectivity index is 1.83. The van der Waals surface area contributed by atoms with Gasteiger partial charge in [0.15, 0.2) is 5.65 Å². The van der Waals surface area contributed by atoms with Crippen molar-refractivity contribution in [1.29, 1.82) is 0 Å². The van der Waals surface area contributed by atoms with Crippen molar-refractivity contribution in [2.45, 2.75) is 13.5 Å². The molecule has 0 unspecified atom stereocenters. The molecule has 0 spiro atoms. The molecule has 0 bridgehead atoms. The number of hydrogen-bond acceptors (Lipinski definition) is 5. The number of nitrogens with zero attached hydrogens (tertiary/aromatic N) is 5. The largest absolute Gasteiger partial charge is 0.351 e. The predicted molar refractivity (Wildman–Crippen MR) is 84.6 cm³/mol. The Morgan fingerprint density at radius 2 is 2.00 bits per heavy atom. The normalized spacial score (nSPS) is 11.1. The number of anilines is 1. The van der Waals surface area contributed by atoms with Crippen molar-refractivity contribution in [2.24, 2.45) is 0 Å². The number of fused-ring (bicyclic) bond motifs is 3. The maximum absolute atomic E-state index is 4.70. The third-order valence-corrected chi connectivity index (χ3v) is 3.58. The summed E-state index contributed by atoms with van der Waals surface area (Å²) in [7, 11) is 0. The Kier molecular flexibility index (Phi) is 2.93. The van der Waals surface area contributed by atoms with E-state index in [-0.39, 0.29) is 0 Å². The maximum Gasteiger partial charge on any atom is 0.211 e. The molecule has 3 aromatic heterocycles. The minimum atomic E-state index is 0.645. The van der Waals surface area contributed by atoms with Gasteiger partial charge in [0, 0.05) is 24.3 Å². The van der Waals surface area contributed by atoms with Crippen molar-refractivity contribution in [3.63, 3.8) is 0 Å². The van der Waals surface area contributed by atoms with Gasteiger partial charge in [-0.1, -0.05) is 18.2 Å². The fraction of sp³-hybridized carbons (Fsp3) is 0.125. The van der Waals surface area contributed by atoms with Crippen molar-refractivity contribution >= 4 is 22.5 Å². The molecular formula is C16H14N6. The lowest BCUT2D eigenvalue weighted by Gasteiger charge is -2.10. The summed E-state index contributed by atoms with van der Waals surface area (Å²) in [6.07, 6.45) is 3.60. The lowest BCUT2D eigenvalue weighted by atomic mass is 10.2. The molecule has 6 heteroatoms. The second kappa shape index (κ2) is 5.07. The Morgan fingerprint density at radius 3 is 2.86 bits per heavy atom. The van der Waals surface area contributed by atoms with Gasteiger partial charge < -0.3 is 5.32 Å². The van der Waals surface area contributed by atoms with Gasteiger partial charge in [0.1, 0.15) is 5.82 Å². The van der Waals surface area contributed by atoms with Crippen LogP contribution in [-0.4, -0.2) is 24.6 Å². The van der Waals surface area contributed by atoms with Crippen LogP contribution in [0.15, 0.2) is 48.8 Å². The number of hydrogen-bond donors (Lipinski definition) is 1. The Morgan fingerprint density at radius 1 is 1.09 bits per heavy atom. The molecular weight excluding hydrogens is 276 g/mol. The first kappa shape index (κ1) is 12.7. The van der Waals surface area contributed by atoms with Crippen LogP contribution in [0.4, 0.5) is 5.95 Å². The number of rotatable bonds is 3. The molecule has 0 aliphatic rings. The van der Waals surface area contributed by atoms with Crippen LogP contribution in [0.3, 0.4) is 0 Å². The summed E-state index contributed by atoms with van der Waals surface area (Å²) in [5.74, 6) is 1.54. The molecule has 4 aromatic rings. The summed E-state index contributed by atoms with van der Waals surface area (Å²) in [4.78, 5) is 8.83. The van der Waals surface area contributed by atoms with E-state index in [1.807, 2.05) is 53.9 Å². The standard InChI is InChI=1S/C16H14N6/c1-11-20-21-15-13-6-2-3-7-14(13)19-16(22(11)15)18-10-12-5-4-8-17-9-12/h2-9H,10H2,1H3,(H,18,19). The lowest BCUT2D eigenvalue weighted by molar-refractivity contribution is 0.966. The van der Waals surface area contributed by atoms with E-state index in [2.05, 4.69) is 20.5 Å². The van der Waals surface area contributed by atoms with Crippen LogP contribution < -0.4 is 5.32 Å². The van der Waals surface area contributed by atoms with E-state index in [1.165, 1.54) is 0 Å². The van der Waals surface area contributed by atoms with Crippen LogP contribution in [0.1, 0.15) is 11.4 Å². The zero-order valence-corrected chi connectivity index (χ0v) is 12.1. The van der Waals surface area contributed by atoms with Crippen LogP contribution >= 0.6 is 0 Å². The Hall–Kier alpha value is -3.02. The van der Waals surface area contributed by atoms with Gasteiger partial charge in [-0.2, -0.15) is 0 Å². The minimum absolute atomic E-state index is 0.645. The van der Waals surface area contributed by atoms with Crippen LogP contribution in [-0.2, 0) is 6.54 Å². The van der Waals surface area contributed by atoms with E-state index in [4.69, 9.17) is 4.98 Å². The van der Waals surface area contributed by atoms with E-state index < -0.39 is 0 Å². The number of nitrogens with one attached hydrogen (secondary N) is 1. The van der Waals surface area contributed by atoms with Crippen molar-refractivity contribution in [3.05, 3.63) is 60.2 Å². The number of para-hydroxylation sites is 1. The summed E-state index contributed by atoms with van der Waals surface area (Å²) in [6.45, 7) is 2.57. The topological polar surface area (TPSA) is 68.0 Å². The molecule has 1 N–H and O–H groups in total. The van der Waals surface area contributed by atoms with E-state index >= 15 is 0 Å². The molecule has 108 valence electrons. The van der Waals surface area contributed by atoms with E-state index in [0.29, 0.717) is 6.54 Å². The summed E-state index contributed by atoms with van der Waals surface area (Å²) in [5.41, 5.74) is 2.81. The van der Waals surface area contributed by atoms with Gasteiger partial charge in [-0.15, -0.1) is 10.2 Å². The highest BCUT2D eigenvalue weighted by molar-refractivity contribution is 5.92. The molecule has 0 atom stereocenters. The van der Waals surface area contributed by atoms with Gasteiger partial charge in [0.05, 0.1) is 5.52 Å². The predicted octanol–water partition coefficient (Wildman–Crippen LogP) is 2.59. The number of benzene rings is 1. The molecule has 4 rings (SSSR count). The zero-order chi connectivity index (χ0) is 14.9. The monoisotopic (exact) mass is 290 g/mol. The molecule has 0 fully saturated rings. The third kappa shape index (κ3) is 2.05. The van der Waals surface area contributed by atoms with Gasteiger partial charge in [-0.25, -0.2) is 9.38 Å². The van der Waals surface area contributed by atoms with Crippen molar-refractivity contribution in [3.8, 4) is 0 Å². The van der Waals surface area contributed by atoms with Gasteiger partial charge in [-0.3, -0.25) is 4.98 Å². The van der Waals surface area contributed by atoms with E-state index in [9.17, 15) is 0 Å². The second-order valence-corrected chi connectivity index (χ2v) is 5.07. The summed E-state index contributed by atoms with van der Waals surface area (Å²) >= 11 is 0. The Labute approximate surface area is 126 Å². The minimum Gasteiger partial charge on any atom is -0.351 e. The average molecular weight is 290 g/mol.